The zero-order valence-corrected chi connectivity index (χ0v) is 16.2. The number of aliphatic imine (C=N–C) groups is 1. The molecule has 2 saturated carbocycles. The van der Waals surface area contributed by atoms with Crippen LogP contribution in [0.4, 0.5) is 0 Å². The van der Waals surface area contributed by atoms with E-state index in [9.17, 15) is 0 Å². The van der Waals surface area contributed by atoms with Crippen molar-refractivity contribution >= 4 is 6.21 Å². The Morgan fingerprint density at radius 2 is 1.44 bits per heavy atom. The van der Waals surface area contributed by atoms with Crippen molar-refractivity contribution in [3.8, 4) is 0 Å². The molecule has 0 radical (unpaired) electrons. The minimum atomic E-state index is 0.378. The largest absolute Gasteiger partial charge is 0.387 e. The Morgan fingerprint density at radius 1 is 0.778 bits per heavy atom. The highest BCUT2D eigenvalue weighted by atomic mass is 15.0. The van der Waals surface area contributed by atoms with Crippen LogP contribution in [0.15, 0.2) is 35.5 Å². The van der Waals surface area contributed by atoms with Gasteiger partial charge >= 0.3 is 0 Å². The third kappa shape index (κ3) is 5.17. The van der Waals surface area contributed by atoms with Gasteiger partial charge in [0.2, 0.25) is 0 Å². The van der Waals surface area contributed by atoms with Gasteiger partial charge in [0, 0.05) is 37.4 Å². The van der Waals surface area contributed by atoms with E-state index in [0.29, 0.717) is 24.2 Å². The average Bonchev–Trinajstić information content (AvgIpc) is 2.71. The number of rotatable bonds is 0. The van der Waals surface area contributed by atoms with Crippen molar-refractivity contribution < 1.29 is 0 Å². The lowest BCUT2D eigenvalue weighted by Gasteiger charge is -2.32. The molecule has 2 bridgehead atoms. The molecule has 4 atom stereocenters. The molecule has 4 rings (SSSR count). The molecule has 1 aliphatic heterocycles. The van der Waals surface area contributed by atoms with Crippen LogP contribution < -0.4 is 16.0 Å². The van der Waals surface area contributed by atoms with E-state index < -0.39 is 0 Å². The van der Waals surface area contributed by atoms with Crippen LogP contribution in [0.3, 0.4) is 0 Å². The first-order valence-corrected chi connectivity index (χ1v) is 10.7. The van der Waals surface area contributed by atoms with Gasteiger partial charge in [-0.1, -0.05) is 31.7 Å². The Bertz CT molecular complexity index is 656. The SMILES string of the molecule is C1=CN[C@@H]2CCCC[C@H]2NCc2cccc(n2)CN[C@@H]2CCCC[C@H]2N=C1. The highest BCUT2D eigenvalue weighted by Gasteiger charge is 2.25. The van der Waals surface area contributed by atoms with E-state index in [2.05, 4.69) is 46.4 Å². The summed E-state index contributed by atoms with van der Waals surface area (Å²) in [6.45, 7) is 1.67. The van der Waals surface area contributed by atoms with Gasteiger partial charge in [0.15, 0.2) is 0 Å². The zero-order chi connectivity index (χ0) is 18.3. The van der Waals surface area contributed by atoms with Gasteiger partial charge in [0.25, 0.3) is 0 Å². The van der Waals surface area contributed by atoms with Crippen LogP contribution in [0.1, 0.15) is 62.8 Å². The zero-order valence-electron chi connectivity index (χ0n) is 16.2. The molecule has 2 fully saturated rings. The molecule has 3 aliphatic rings. The smallest absolute Gasteiger partial charge is 0.0652 e. The molecule has 0 aromatic carbocycles. The molecule has 5 nitrogen and oxygen atoms in total. The highest BCUT2D eigenvalue weighted by Crippen LogP contribution is 2.22. The van der Waals surface area contributed by atoms with Gasteiger partial charge in [0.1, 0.15) is 0 Å². The van der Waals surface area contributed by atoms with Crippen molar-refractivity contribution in [3.63, 3.8) is 0 Å². The number of allylic oxidation sites excluding steroid dienone is 1. The monoisotopic (exact) mass is 367 g/mol. The first kappa shape index (κ1) is 18.6. The van der Waals surface area contributed by atoms with Crippen molar-refractivity contribution in [2.45, 2.75) is 88.6 Å². The summed E-state index contributed by atoms with van der Waals surface area (Å²) in [6.07, 6.45) is 16.2. The summed E-state index contributed by atoms with van der Waals surface area (Å²) in [6, 6.07) is 8.23. The lowest BCUT2D eigenvalue weighted by molar-refractivity contribution is 0.300. The van der Waals surface area contributed by atoms with Gasteiger partial charge in [-0.3, -0.25) is 9.98 Å². The summed E-state index contributed by atoms with van der Waals surface area (Å²) in [5.74, 6) is 0. The molecule has 1 aromatic rings. The van der Waals surface area contributed by atoms with Crippen molar-refractivity contribution in [2.75, 3.05) is 0 Å². The Hall–Kier alpha value is -1.72. The van der Waals surface area contributed by atoms with Gasteiger partial charge in [-0.05, 0) is 50.1 Å². The maximum Gasteiger partial charge on any atom is 0.0652 e. The first-order valence-electron chi connectivity index (χ1n) is 10.7. The fraction of sp³-hybridized carbons (Fsp3) is 0.636. The van der Waals surface area contributed by atoms with E-state index in [-0.39, 0.29) is 0 Å². The average molecular weight is 368 g/mol. The van der Waals surface area contributed by atoms with Gasteiger partial charge in [0.05, 0.1) is 17.4 Å². The number of aromatic nitrogens is 1. The second-order valence-electron chi connectivity index (χ2n) is 8.16. The van der Waals surface area contributed by atoms with Crippen LogP contribution in [0, 0.1) is 0 Å². The van der Waals surface area contributed by atoms with Gasteiger partial charge in [-0.2, -0.15) is 0 Å². The van der Waals surface area contributed by atoms with Crippen LogP contribution in [-0.2, 0) is 13.1 Å². The molecule has 0 unspecified atom stereocenters. The van der Waals surface area contributed by atoms with E-state index in [1.54, 1.807) is 0 Å². The number of fused-ring (bicyclic) bond motifs is 4. The topological polar surface area (TPSA) is 61.3 Å². The van der Waals surface area contributed by atoms with Gasteiger partial charge < -0.3 is 16.0 Å². The van der Waals surface area contributed by atoms with Crippen LogP contribution in [0.25, 0.3) is 0 Å². The number of hydrogen-bond donors (Lipinski definition) is 3. The van der Waals surface area contributed by atoms with Crippen molar-refractivity contribution in [1.29, 1.82) is 0 Å². The standard InChI is InChI=1S/C22H33N5/c1-3-11-21-19(9-1)23-13-6-14-24-20-10-2-4-12-22(20)26-16-18-8-5-7-17(27-18)15-25-21/h5-8,13-14,19-23,25-26H,1-4,9-12,15-16H2/t19-,20-,21-,22-/m1/s1. The molecule has 3 N–H and O–H groups in total. The van der Waals surface area contributed by atoms with Gasteiger partial charge in [-0.25, -0.2) is 0 Å². The summed E-state index contributed by atoms with van der Waals surface area (Å²) in [4.78, 5) is 9.74. The summed E-state index contributed by atoms with van der Waals surface area (Å²) in [7, 11) is 0. The van der Waals surface area contributed by atoms with Gasteiger partial charge in [-0.15, -0.1) is 0 Å². The Morgan fingerprint density at radius 3 is 2.26 bits per heavy atom. The predicted molar refractivity (Wildman–Crippen MR) is 111 cm³/mol. The summed E-state index contributed by atoms with van der Waals surface area (Å²) >= 11 is 0. The quantitative estimate of drug-likeness (QED) is 0.659. The molecule has 146 valence electrons. The van der Waals surface area contributed by atoms with Crippen LogP contribution >= 0.6 is 0 Å². The molecule has 2 aliphatic carbocycles. The van der Waals surface area contributed by atoms with Crippen molar-refractivity contribution in [3.05, 3.63) is 41.9 Å². The number of nitrogens with zero attached hydrogens (tertiary/aromatic N) is 2. The molecule has 0 spiro atoms. The van der Waals surface area contributed by atoms with Crippen molar-refractivity contribution in [2.24, 2.45) is 4.99 Å². The summed E-state index contributed by atoms with van der Waals surface area (Å²) in [5.41, 5.74) is 2.27. The summed E-state index contributed by atoms with van der Waals surface area (Å²) < 4.78 is 0. The van der Waals surface area contributed by atoms with E-state index in [1.165, 1.54) is 51.4 Å². The number of nitrogens with one attached hydrogen (secondary N) is 3. The van der Waals surface area contributed by atoms with Crippen LogP contribution in [-0.4, -0.2) is 35.4 Å². The molecule has 0 saturated heterocycles. The predicted octanol–water partition coefficient (Wildman–Crippen LogP) is 3.07. The highest BCUT2D eigenvalue weighted by molar-refractivity contribution is 5.71. The fourth-order valence-corrected chi connectivity index (χ4v) is 4.68. The molecule has 1 aromatic heterocycles. The fourth-order valence-electron chi connectivity index (χ4n) is 4.68. The molecule has 5 heteroatoms. The Balaban J connectivity index is 1.52. The number of hydrogen-bond acceptors (Lipinski definition) is 5. The third-order valence-electron chi connectivity index (χ3n) is 6.22. The second-order valence-corrected chi connectivity index (χ2v) is 8.16. The Kier molecular flexibility index (Phi) is 6.53. The van der Waals surface area contributed by atoms with E-state index in [1.807, 2.05) is 6.21 Å². The third-order valence-corrected chi connectivity index (χ3v) is 6.22. The molecular formula is C22H33N5. The van der Waals surface area contributed by atoms with E-state index in [4.69, 9.17) is 9.98 Å². The molecule has 2 heterocycles. The normalized spacial score (nSPS) is 32.1. The lowest BCUT2D eigenvalue weighted by atomic mass is 9.90. The molecule has 27 heavy (non-hydrogen) atoms. The van der Waals surface area contributed by atoms with Crippen LogP contribution in [0.5, 0.6) is 0 Å². The second kappa shape index (κ2) is 9.47. The van der Waals surface area contributed by atoms with E-state index in [0.717, 1.165) is 24.5 Å². The lowest BCUT2D eigenvalue weighted by Crippen LogP contribution is -2.48. The van der Waals surface area contributed by atoms with Crippen LogP contribution in [0.2, 0.25) is 0 Å². The number of pyridine rings is 1. The van der Waals surface area contributed by atoms with E-state index >= 15 is 0 Å². The molecular weight excluding hydrogens is 334 g/mol. The van der Waals surface area contributed by atoms with Crippen molar-refractivity contribution in [1.82, 2.24) is 20.9 Å². The molecule has 0 amide bonds. The minimum Gasteiger partial charge on any atom is -0.387 e. The maximum absolute atomic E-state index is 4.88. The summed E-state index contributed by atoms with van der Waals surface area (Å²) in [5, 5.41) is 11.1. The minimum absolute atomic E-state index is 0.378. The Labute approximate surface area is 163 Å². The maximum atomic E-state index is 4.88. The first-order chi connectivity index (χ1) is 13.4.